The van der Waals surface area contributed by atoms with E-state index < -0.39 is 11.8 Å². The third-order valence-corrected chi connectivity index (χ3v) is 3.38. The summed E-state index contributed by atoms with van der Waals surface area (Å²) in [6.45, 7) is 1.95. The molecule has 0 aliphatic carbocycles. The smallest absolute Gasteiger partial charge is 0.311 e. The summed E-state index contributed by atoms with van der Waals surface area (Å²) in [5, 5.41) is 3.21. The second-order valence-electron chi connectivity index (χ2n) is 4.18. The lowest BCUT2D eigenvalue weighted by Gasteiger charge is -2.24. The lowest BCUT2D eigenvalue weighted by Crippen LogP contribution is -2.38. The zero-order chi connectivity index (χ0) is 11.9. The van der Waals surface area contributed by atoms with Crippen LogP contribution in [0.5, 0.6) is 0 Å². The lowest BCUT2D eigenvalue weighted by atomic mass is 9.80. The number of fused-ring (bicyclic) bond motifs is 2. The minimum Gasteiger partial charge on any atom is -0.469 e. The molecule has 0 amide bonds. The molecule has 5 nitrogen and oxygen atoms in total. The average Bonchev–Trinajstić information content (AvgIpc) is 2.82. The topological polar surface area (TPSA) is 64.6 Å². The minimum absolute atomic E-state index is 0.0958. The van der Waals surface area contributed by atoms with E-state index in [0.29, 0.717) is 0 Å². The Kier molecular flexibility index (Phi) is 2.71. The van der Waals surface area contributed by atoms with E-state index in [4.69, 9.17) is 9.47 Å². The number of carbonyl (C=O) groups is 2. The van der Waals surface area contributed by atoms with Crippen LogP contribution >= 0.6 is 0 Å². The summed E-state index contributed by atoms with van der Waals surface area (Å²) in [7, 11) is 2.67. The maximum atomic E-state index is 11.7. The molecule has 0 aromatic heterocycles. The highest BCUT2D eigenvalue weighted by molar-refractivity contribution is 5.85. The second-order valence-corrected chi connectivity index (χ2v) is 4.18. The summed E-state index contributed by atoms with van der Waals surface area (Å²) >= 11 is 0. The Balaban J connectivity index is 2.30. The first kappa shape index (κ1) is 11.1. The summed E-state index contributed by atoms with van der Waals surface area (Å²) in [6.07, 6.45) is 1.98. The fraction of sp³-hybridized carbons (Fsp3) is 0.636. The molecule has 1 fully saturated rings. The van der Waals surface area contributed by atoms with Gasteiger partial charge in [0, 0.05) is 12.1 Å². The van der Waals surface area contributed by atoms with Gasteiger partial charge in [-0.05, 0) is 6.92 Å². The van der Waals surface area contributed by atoms with Gasteiger partial charge in [0.05, 0.1) is 26.1 Å². The summed E-state index contributed by atoms with van der Waals surface area (Å²) < 4.78 is 9.48. The van der Waals surface area contributed by atoms with Gasteiger partial charge in [-0.15, -0.1) is 0 Å². The van der Waals surface area contributed by atoms with Crippen molar-refractivity contribution in [3.8, 4) is 0 Å². The van der Waals surface area contributed by atoms with Gasteiger partial charge in [0.2, 0.25) is 0 Å². The van der Waals surface area contributed by atoms with E-state index in [0.717, 1.165) is 5.57 Å². The Labute approximate surface area is 93.8 Å². The van der Waals surface area contributed by atoms with E-state index in [1.54, 1.807) is 0 Å². The average molecular weight is 225 g/mol. The van der Waals surface area contributed by atoms with E-state index in [2.05, 4.69) is 5.32 Å². The van der Waals surface area contributed by atoms with E-state index in [1.807, 2.05) is 13.0 Å². The molecule has 2 aliphatic heterocycles. The van der Waals surface area contributed by atoms with Gasteiger partial charge < -0.3 is 14.8 Å². The summed E-state index contributed by atoms with van der Waals surface area (Å²) in [4.78, 5) is 23.3. The number of hydrogen-bond acceptors (Lipinski definition) is 5. The van der Waals surface area contributed by atoms with Crippen molar-refractivity contribution < 1.29 is 19.1 Å². The van der Waals surface area contributed by atoms with Gasteiger partial charge in [-0.2, -0.15) is 0 Å². The molecular formula is C11H15NO4. The SMILES string of the molecule is COC(=O)C1C2C=C(C)C(N2)C1C(=O)OC. The van der Waals surface area contributed by atoms with Crippen LogP contribution in [-0.4, -0.2) is 38.2 Å². The first-order valence-electron chi connectivity index (χ1n) is 5.20. The van der Waals surface area contributed by atoms with Crippen molar-refractivity contribution in [2.75, 3.05) is 14.2 Å². The molecule has 0 spiro atoms. The van der Waals surface area contributed by atoms with E-state index in [1.165, 1.54) is 14.2 Å². The van der Waals surface area contributed by atoms with Crippen LogP contribution in [0, 0.1) is 11.8 Å². The van der Waals surface area contributed by atoms with Crippen molar-refractivity contribution in [1.82, 2.24) is 5.32 Å². The third kappa shape index (κ3) is 1.43. The quantitative estimate of drug-likeness (QED) is 0.523. The molecule has 0 saturated carbocycles. The Morgan fingerprint density at radius 1 is 1.19 bits per heavy atom. The molecule has 0 aromatic rings. The normalized spacial score (nSPS) is 35.8. The Morgan fingerprint density at radius 2 is 1.75 bits per heavy atom. The molecular weight excluding hydrogens is 210 g/mol. The van der Waals surface area contributed by atoms with Gasteiger partial charge in [0.25, 0.3) is 0 Å². The van der Waals surface area contributed by atoms with Crippen molar-refractivity contribution in [3.05, 3.63) is 11.6 Å². The molecule has 1 saturated heterocycles. The minimum atomic E-state index is -0.467. The number of hydrogen-bond donors (Lipinski definition) is 1. The summed E-state index contributed by atoms with van der Waals surface area (Å²) in [5.41, 5.74) is 1.08. The maximum Gasteiger partial charge on any atom is 0.311 e. The van der Waals surface area contributed by atoms with Crippen LogP contribution in [0.2, 0.25) is 0 Å². The van der Waals surface area contributed by atoms with Crippen LogP contribution in [0.25, 0.3) is 0 Å². The molecule has 1 N–H and O–H groups in total. The molecule has 2 rings (SSSR count). The van der Waals surface area contributed by atoms with Crippen LogP contribution in [-0.2, 0) is 19.1 Å². The molecule has 4 atom stereocenters. The van der Waals surface area contributed by atoms with Crippen LogP contribution < -0.4 is 5.32 Å². The van der Waals surface area contributed by atoms with Gasteiger partial charge >= 0.3 is 11.9 Å². The van der Waals surface area contributed by atoms with E-state index >= 15 is 0 Å². The van der Waals surface area contributed by atoms with Crippen molar-refractivity contribution in [1.29, 1.82) is 0 Å². The summed E-state index contributed by atoms with van der Waals surface area (Å²) in [5.74, 6) is -1.65. The number of esters is 2. The van der Waals surface area contributed by atoms with Crippen LogP contribution in [0.15, 0.2) is 11.6 Å². The predicted molar refractivity (Wildman–Crippen MR) is 55.5 cm³/mol. The molecule has 2 heterocycles. The monoisotopic (exact) mass is 225 g/mol. The Bertz CT molecular complexity index is 363. The highest BCUT2D eigenvalue weighted by Crippen LogP contribution is 2.39. The first-order chi connectivity index (χ1) is 7.60. The van der Waals surface area contributed by atoms with E-state index in [-0.39, 0.29) is 24.0 Å². The van der Waals surface area contributed by atoms with Crippen molar-refractivity contribution in [2.45, 2.75) is 19.0 Å². The molecule has 88 valence electrons. The van der Waals surface area contributed by atoms with Crippen molar-refractivity contribution in [2.24, 2.45) is 11.8 Å². The van der Waals surface area contributed by atoms with Gasteiger partial charge in [-0.1, -0.05) is 11.6 Å². The Morgan fingerprint density at radius 3 is 2.31 bits per heavy atom. The fourth-order valence-electron chi connectivity index (χ4n) is 2.65. The highest BCUT2D eigenvalue weighted by Gasteiger charge is 2.54. The summed E-state index contributed by atoms with van der Waals surface area (Å²) in [6, 6.07) is -0.205. The van der Waals surface area contributed by atoms with Crippen LogP contribution in [0.1, 0.15) is 6.92 Å². The van der Waals surface area contributed by atoms with E-state index in [9.17, 15) is 9.59 Å². The second kappa shape index (κ2) is 3.90. The zero-order valence-electron chi connectivity index (χ0n) is 9.52. The van der Waals surface area contributed by atoms with Crippen LogP contribution in [0.4, 0.5) is 0 Å². The number of methoxy groups -OCH3 is 2. The zero-order valence-corrected chi connectivity index (χ0v) is 9.52. The number of rotatable bonds is 2. The highest BCUT2D eigenvalue weighted by atomic mass is 16.5. The maximum absolute atomic E-state index is 11.7. The molecule has 16 heavy (non-hydrogen) atoms. The van der Waals surface area contributed by atoms with Crippen molar-refractivity contribution >= 4 is 11.9 Å². The molecule has 0 radical (unpaired) electrons. The largest absolute Gasteiger partial charge is 0.469 e. The molecule has 0 aromatic carbocycles. The number of nitrogens with one attached hydrogen (secondary N) is 1. The standard InChI is InChI=1S/C11H15NO4/c1-5-4-6-7(10(13)15-2)8(9(5)12-6)11(14)16-3/h4,6-9,12H,1-3H3. The fourth-order valence-corrected chi connectivity index (χ4v) is 2.65. The molecule has 2 aliphatic rings. The lowest BCUT2D eigenvalue weighted by molar-refractivity contribution is -0.156. The Hall–Kier alpha value is -1.36. The van der Waals surface area contributed by atoms with Gasteiger partial charge in [0.15, 0.2) is 0 Å². The molecule has 2 bridgehead atoms. The molecule has 4 unspecified atom stereocenters. The number of ether oxygens (including phenoxy) is 2. The van der Waals surface area contributed by atoms with Gasteiger partial charge in [-0.3, -0.25) is 9.59 Å². The van der Waals surface area contributed by atoms with Crippen LogP contribution in [0.3, 0.4) is 0 Å². The third-order valence-electron chi connectivity index (χ3n) is 3.38. The molecule has 5 heteroatoms. The first-order valence-corrected chi connectivity index (χ1v) is 5.20. The predicted octanol–water partition coefficient (Wildman–Crippen LogP) is -0.135. The van der Waals surface area contributed by atoms with Gasteiger partial charge in [-0.25, -0.2) is 0 Å². The van der Waals surface area contributed by atoms with Crippen molar-refractivity contribution in [3.63, 3.8) is 0 Å². The van der Waals surface area contributed by atoms with Gasteiger partial charge in [0.1, 0.15) is 0 Å². The number of carbonyl (C=O) groups excluding carboxylic acids is 2.